The van der Waals surface area contributed by atoms with E-state index in [0.717, 1.165) is 49.8 Å². The molecule has 0 saturated heterocycles. The lowest BCUT2D eigenvalue weighted by Crippen LogP contribution is -2.00. The van der Waals surface area contributed by atoms with Crippen LogP contribution in [0.4, 0.5) is 0 Å². The highest BCUT2D eigenvalue weighted by molar-refractivity contribution is 6.17. The number of furan rings is 1. The molecule has 0 bridgehead atoms. The Morgan fingerprint density at radius 2 is 0.915 bits per heavy atom. The molecule has 0 aliphatic heterocycles. The van der Waals surface area contributed by atoms with E-state index in [4.69, 9.17) is 19.4 Å². The first-order valence-electron chi connectivity index (χ1n) is 15.8. The maximum absolute atomic E-state index is 6.55. The van der Waals surface area contributed by atoms with Crippen LogP contribution in [0.2, 0.25) is 0 Å². The second-order valence-corrected chi connectivity index (χ2v) is 12.0. The van der Waals surface area contributed by atoms with Gasteiger partial charge in [0.1, 0.15) is 11.2 Å². The molecule has 2 heterocycles. The monoisotopic (exact) mass is 599 g/mol. The zero-order chi connectivity index (χ0) is 30.9. The summed E-state index contributed by atoms with van der Waals surface area (Å²) in [5.41, 5.74) is 11.7. The summed E-state index contributed by atoms with van der Waals surface area (Å²) in [6.45, 7) is 0. The van der Waals surface area contributed by atoms with Crippen LogP contribution in [0, 0.1) is 0 Å². The third-order valence-electron chi connectivity index (χ3n) is 9.24. The quantitative estimate of drug-likeness (QED) is 0.202. The third kappa shape index (κ3) is 4.05. The number of nitrogens with zero attached hydrogens (tertiary/aromatic N) is 3. The number of hydrogen-bond donors (Lipinski definition) is 0. The molecule has 0 spiro atoms. The third-order valence-corrected chi connectivity index (χ3v) is 9.24. The molecule has 2 aromatic heterocycles. The van der Waals surface area contributed by atoms with Gasteiger partial charge in [0.05, 0.1) is 0 Å². The summed E-state index contributed by atoms with van der Waals surface area (Å²) in [5.74, 6) is 1.86. The van der Waals surface area contributed by atoms with E-state index in [1.54, 1.807) is 0 Å². The van der Waals surface area contributed by atoms with Crippen LogP contribution in [0.25, 0.3) is 100 Å². The highest BCUT2D eigenvalue weighted by Crippen LogP contribution is 2.49. The summed E-state index contributed by atoms with van der Waals surface area (Å²) in [6, 6.07) is 52.7. The normalized spacial score (nSPS) is 11.8. The van der Waals surface area contributed by atoms with Gasteiger partial charge in [-0.25, -0.2) is 15.0 Å². The molecule has 1 aliphatic carbocycles. The molecular weight excluding hydrogens is 574 g/mol. The van der Waals surface area contributed by atoms with E-state index >= 15 is 0 Å². The molecule has 0 N–H and O–H groups in total. The fourth-order valence-corrected chi connectivity index (χ4v) is 7.11. The molecule has 0 unspecified atom stereocenters. The summed E-state index contributed by atoms with van der Waals surface area (Å²) in [4.78, 5) is 15.2. The summed E-state index contributed by atoms with van der Waals surface area (Å²) < 4.78 is 6.55. The Labute approximate surface area is 270 Å². The van der Waals surface area contributed by atoms with Crippen molar-refractivity contribution in [2.24, 2.45) is 0 Å². The van der Waals surface area contributed by atoms with Gasteiger partial charge in [-0.2, -0.15) is 0 Å². The van der Waals surface area contributed by atoms with E-state index < -0.39 is 0 Å². The van der Waals surface area contributed by atoms with E-state index in [0.29, 0.717) is 17.5 Å². The average Bonchev–Trinajstić information content (AvgIpc) is 3.68. The van der Waals surface area contributed by atoms with E-state index in [1.807, 2.05) is 78.9 Å². The predicted octanol–water partition coefficient (Wildman–Crippen LogP) is 11.2. The van der Waals surface area contributed by atoms with Crippen molar-refractivity contribution in [3.05, 3.63) is 152 Å². The Morgan fingerprint density at radius 1 is 0.340 bits per heavy atom. The van der Waals surface area contributed by atoms with E-state index in [9.17, 15) is 0 Å². The molecule has 9 aromatic rings. The number of aromatic nitrogens is 3. The first-order valence-corrected chi connectivity index (χ1v) is 15.8. The molecular formula is C43H25N3O. The smallest absolute Gasteiger partial charge is 0.164 e. The van der Waals surface area contributed by atoms with Crippen LogP contribution in [-0.2, 0) is 0 Å². The lowest BCUT2D eigenvalue weighted by Gasteiger charge is -2.12. The largest absolute Gasteiger partial charge is 0.456 e. The fraction of sp³-hybridized carbons (Fsp3) is 0. The molecule has 4 heteroatoms. The average molecular weight is 600 g/mol. The van der Waals surface area contributed by atoms with Crippen LogP contribution in [0.3, 0.4) is 0 Å². The van der Waals surface area contributed by atoms with Gasteiger partial charge >= 0.3 is 0 Å². The number of hydrogen-bond acceptors (Lipinski definition) is 4. The van der Waals surface area contributed by atoms with Gasteiger partial charge in [-0.15, -0.1) is 0 Å². The van der Waals surface area contributed by atoms with E-state index in [-0.39, 0.29) is 0 Å². The summed E-state index contributed by atoms with van der Waals surface area (Å²) >= 11 is 0. The topological polar surface area (TPSA) is 51.8 Å². The zero-order valence-corrected chi connectivity index (χ0v) is 25.2. The molecule has 218 valence electrons. The van der Waals surface area contributed by atoms with Crippen molar-refractivity contribution in [2.75, 3.05) is 0 Å². The second kappa shape index (κ2) is 10.1. The zero-order valence-electron chi connectivity index (χ0n) is 25.2. The molecule has 10 rings (SSSR count). The van der Waals surface area contributed by atoms with Crippen molar-refractivity contribution in [1.82, 2.24) is 15.0 Å². The van der Waals surface area contributed by atoms with E-state index in [1.165, 1.54) is 33.0 Å². The Morgan fingerprint density at radius 3 is 1.66 bits per heavy atom. The molecule has 0 atom stereocenters. The second-order valence-electron chi connectivity index (χ2n) is 12.0. The van der Waals surface area contributed by atoms with Gasteiger partial charge in [0.2, 0.25) is 0 Å². The van der Waals surface area contributed by atoms with Crippen LogP contribution in [-0.4, -0.2) is 15.0 Å². The lowest BCUT2D eigenvalue weighted by molar-refractivity contribution is 0.669. The SMILES string of the molecule is c1ccc(-c2nc(-c3ccccc3)nc(-c3cc(-c4cc5c6c(cccc6c4)-c4ccccc4-5)cc4oc5ccccc5c34)n2)cc1. The van der Waals surface area contributed by atoms with Crippen LogP contribution >= 0.6 is 0 Å². The van der Waals surface area contributed by atoms with Gasteiger partial charge in [-0.05, 0) is 74.5 Å². The number of fused-ring (bicyclic) bond motifs is 6. The maximum Gasteiger partial charge on any atom is 0.164 e. The molecule has 7 aromatic carbocycles. The Kier molecular flexibility index (Phi) is 5.54. The van der Waals surface area contributed by atoms with Crippen LogP contribution in [0.1, 0.15) is 0 Å². The van der Waals surface area contributed by atoms with Gasteiger partial charge in [0.25, 0.3) is 0 Å². The molecule has 0 saturated carbocycles. The summed E-state index contributed by atoms with van der Waals surface area (Å²) in [6.07, 6.45) is 0. The number of rotatable bonds is 4. The summed E-state index contributed by atoms with van der Waals surface area (Å²) in [5, 5.41) is 4.55. The van der Waals surface area contributed by atoms with Crippen molar-refractivity contribution < 1.29 is 4.42 Å². The molecule has 0 fully saturated rings. The minimum absolute atomic E-state index is 0.606. The van der Waals surface area contributed by atoms with Gasteiger partial charge in [-0.1, -0.05) is 121 Å². The van der Waals surface area contributed by atoms with Gasteiger partial charge < -0.3 is 4.42 Å². The van der Waals surface area contributed by atoms with Crippen molar-refractivity contribution in [3.63, 3.8) is 0 Å². The molecule has 47 heavy (non-hydrogen) atoms. The first kappa shape index (κ1) is 25.9. The van der Waals surface area contributed by atoms with E-state index in [2.05, 4.69) is 72.8 Å². The molecule has 0 amide bonds. The van der Waals surface area contributed by atoms with Crippen molar-refractivity contribution >= 4 is 32.7 Å². The van der Waals surface area contributed by atoms with Crippen LogP contribution in [0.5, 0.6) is 0 Å². The Balaban J connectivity index is 1.27. The minimum Gasteiger partial charge on any atom is -0.456 e. The van der Waals surface area contributed by atoms with Crippen LogP contribution < -0.4 is 0 Å². The maximum atomic E-state index is 6.55. The van der Waals surface area contributed by atoms with Crippen molar-refractivity contribution in [2.45, 2.75) is 0 Å². The highest BCUT2D eigenvalue weighted by atomic mass is 16.3. The first-order chi connectivity index (χ1) is 23.3. The fourth-order valence-electron chi connectivity index (χ4n) is 7.11. The van der Waals surface area contributed by atoms with Gasteiger partial charge in [0.15, 0.2) is 17.5 Å². The molecule has 1 aliphatic rings. The standard InChI is InChI=1S/C43H25N3O/c1-3-12-26(13-4-1)41-44-42(27-14-5-2-6-15-27)46-43(45-41)36-24-30(25-38-40(36)34-19-9-10-21-37(34)47-38)29-22-28-16-11-20-33-31-17-7-8-18-32(31)35(23-29)39(28)33/h1-25H. The van der Waals surface area contributed by atoms with Crippen LogP contribution in [0.15, 0.2) is 156 Å². The predicted molar refractivity (Wildman–Crippen MR) is 191 cm³/mol. The summed E-state index contributed by atoms with van der Waals surface area (Å²) in [7, 11) is 0. The highest BCUT2D eigenvalue weighted by Gasteiger charge is 2.23. The van der Waals surface area contributed by atoms with Crippen molar-refractivity contribution in [3.8, 4) is 67.5 Å². The lowest BCUT2D eigenvalue weighted by atomic mass is 9.93. The molecule has 0 radical (unpaired) electrons. The molecule has 4 nitrogen and oxygen atoms in total. The minimum atomic E-state index is 0.606. The number of benzene rings is 7. The van der Waals surface area contributed by atoms with Gasteiger partial charge in [0, 0.05) is 27.5 Å². The van der Waals surface area contributed by atoms with Crippen molar-refractivity contribution in [1.29, 1.82) is 0 Å². The Bertz CT molecular complexity index is 2620. The number of para-hydroxylation sites is 1. The Hall–Kier alpha value is -6.39. The van der Waals surface area contributed by atoms with Gasteiger partial charge in [-0.3, -0.25) is 0 Å².